The van der Waals surface area contributed by atoms with Gasteiger partial charge in [0, 0.05) is 114 Å². The van der Waals surface area contributed by atoms with Crippen LogP contribution in [0.1, 0.15) is 91.5 Å². The predicted octanol–water partition coefficient (Wildman–Crippen LogP) is 8.82. The SMILES string of the molecule is CNc1ncnc2c1ccn2[C@@H]1C[C@@]2(CN[C@@H](c3ccc4cc(Br)c(N)nc4c3)C2)[C@@H](O)[C@H]1O.CNc1ncnc2c1ccn2[C@@H]1C[C@@]2(CN[C@H](c3ccc4cc(Br)c(N)nc4c3)C2)[C@@H](O)[C@H]1O.Nc1nc2cc([C@@H]3C[C@@]4(CN3)C[C@@H](n3ccc5cccnc53)[C@H](O)[C@@H]4O)ccc2cc1Br. The van der Waals surface area contributed by atoms with Gasteiger partial charge in [-0.2, -0.15) is 0 Å². The molecule has 3 saturated carbocycles. The molecule has 100 heavy (non-hydrogen) atoms. The van der Waals surface area contributed by atoms with E-state index in [1.165, 1.54) is 12.7 Å². The number of rotatable bonds is 8. The molecule has 15 atom stereocenters. The average molecular weight is 1540 g/mol. The van der Waals surface area contributed by atoms with Gasteiger partial charge in [-0.05, 0) is 170 Å². The number of hydrogen-bond donors (Lipinski definition) is 14. The van der Waals surface area contributed by atoms with Gasteiger partial charge in [0.2, 0.25) is 0 Å². The molecule has 18 rings (SSSR count). The second-order valence-corrected chi connectivity index (χ2v) is 30.6. The van der Waals surface area contributed by atoms with Crippen LogP contribution < -0.4 is 43.8 Å². The Morgan fingerprint density at radius 1 is 0.430 bits per heavy atom. The van der Waals surface area contributed by atoms with E-state index < -0.39 is 52.9 Å². The number of aliphatic hydroxyl groups is 6. The van der Waals surface area contributed by atoms with Gasteiger partial charge in [-0.15, -0.1) is 0 Å². The van der Waals surface area contributed by atoms with E-state index in [-0.39, 0.29) is 36.3 Å². The fourth-order valence-corrected chi connectivity index (χ4v) is 18.3. The van der Waals surface area contributed by atoms with Crippen molar-refractivity contribution in [3.63, 3.8) is 0 Å². The van der Waals surface area contributed by atoms with E-state index >= 15 is 0 Å². The van der Waals surface area contributed by atoms with Gasteiger partial charge in [-0.25, -0.2) is 39.9 Å². The van der Waals surface area contributed by atoms with Gasteiger partial charge in [0.15, 0.2) is 0 Å². The largest absolute Gasteiger partial charge is 0.390 e. The Kier molecular flexibility index (Phi) is 17.1. The van der Waals surface area contributed by atoms with Crippen LogP contribution in [0.25, 0.3) is 65.8 Å². The van der Waals surface area contributed by atoms with Crippen molar-refractivity contribution in [1.29, 1.82) is 0 Å². The highest BCUT2D eigenvalue weighted by atomic mass is 79.9. The maximum atomic E-state index is 11.2. The van der Waals surface area contributed by atoms with E-state index in [4.69, 9.17) is 17.2 Å². The zero-order chi connectivity index (χ0) is 69.3. The Morgan fingerprint density at radius 2 is 0.790 bits per heavy atom. The van der Waals surface area contributed by atoms with E-state index in [2.05, 4.69) is 157 Å². The highest BCUT2D eigenvalue weighted by Gasteiger charge is 2.59. The number of nitrogens with zero attached hydrogens (tertiary/aromatic N) is 11. The minimum absolute atomic E-state index is 0.0521. The molecule has 0 unspecified atom stereocenters. The summed E-state index contributed by atoms with van der Waals surface area (Å²) in [6.45, 7) is 1.89. The molecule has 0 bridgehead atoms. The summed E-state index contributed by atoms with van der Waals surface area (Å²) in [5.41, 5.74) is 24.8. The maximum Gasteiger partial charge on any atom is 0.145 e. The van der Waals surface area contributed by atoms with Gasteiger partial charge in [0.1, 0.15) is 77.0 Å². The highest BCUT2D eigenvalue weighted by molar-refractivity contribution is 9.11. The number of nitrogens with two attached hydrogens (primary N) is 3. The predicted molar refractivity (Wildman–Crippen MR) is 396 cm³/mol. The summed E-state index contributed by atoms with van der Waals surface area (Å²) in [6, 6.07) is 33.8. The van der Waals surface area contributed by atoms with Crippen molar-refractivity contribution in [2.45, 2.75) is 111 Å². The van der Waals surface area contributed by atoms with Crippen LogP contribution in [0.2, 0.25) is 0 Å². The van der Waals surface area contributed by atoms with Crippen molar-refractivity contribution >= 4 is 143 Å². The van der Waals surface area contributed by atoms with Crippen molar-refractivity contribution in [2.75, 3.05) is 61.6 Å². The lowest BCUT2D eigenvalue weighted by Gasteiger charge is -2.27. The number of pyridine rings is 4. The summed E-state index contributed by atoms with van der Waals surface area (Å²) < 4.78 is 8.33. The number of hydrogen-bond acceptors (Lipinski definition) is 22. The van der Waals surface area contributed by atoms with Crippen LogP contribution in [0.3, 0.4) is 0 Å². The number of anilines is 5. The average Bonchev–Trinajstić information content (AvgIpc) is 1.59. The molecule has 3 saturated heterocycles. The summed E-state index contributed by atoms with van der Waals surface area (Å²) >= 11 is 10.3. The van der Waals surface area contributed by atoms with Gasteiger partial charge < -0.3 is 88.1 Å². The van der Waals surface area contributed by atoms with Crippen LogP contribution in [-0.4, -0.2) is 155 Å². The number of aliphatic hydroxyl groups excluding tert-OH is 6. The molecule has 12 aromatic rings. The molecule has 516 valence electrons. The number of aromatic nitrogens is 11. The number of benzene rings is 3. The van der Waals surface area contributed by atoms with Crippen molar-refractivity contribution in [1.82, 2.24) is 69.5 Å². The maximum absolute atomic E-state index is 11.2. The molecular formula is C72H76Br3N19O6. The highest BCUT2D eigenvalue weighted by Crippen LogP contribution is 2.56. The molecule has 25 nitrogen and oxygen atoms in total. The lowest BCUT2D eigenvalue weighted by atomic mass is 9.80. The van der Waals surface area contributed by atoms with E-state index in [9.17, 15) is 30.6 Å². The Morgan fingerprint density at radius 3 is 1.16 bits per heavy atom. The zero-order valence-electron chi connectivity index (χ0n) is 54.5. The van der Waals surface area contributed by atoms with E-state index in [0.717, 1.165) is 127 Å². The molecule has 6 aliphatic rings. The molecule has 0 amide bonds. The molecule has 3 aromatic carbocycles. The molecule has 28 heteroatoms. The third-order valence-electron chi connectivity index (χ3n) is 22.5. The van der Waals surface area contributed by atoms with Crippen LogP contribution in [0.15, 0.2) is 154 Å². The normalized spacial score (nSPS) is 29.3. The molecule has 3 aliphatic carbocycles. The zero-order valence-corrected chi connectivity index (χ0v) is 59.3. The molecule has 3 spiro atoms. The molecular weight excluding hydrogens is 1470 g/mol. The third kappa shape index (κ3) is 11.3. The molecule has 3 aliphatic heterocycles. The lowest BCUT2D eigenvalue weighted by Crippen LogP contribution is -2.38. The van der Waals surface area contributed by atoms with Crippen LogP contribution >= 0.6 is 47.8 Å². The first-order valence-corrected chi connectivity index (χ1v) is 35.9. The molecule has 9 aromatic heterocycles. The number of nitrogen functional groups attached to an aromatic ring is 3. The molecule has 0 radical (unpaired) electrons. The standard InChI is InChI=1S/2C24H26BrN7O2.C24H24BrN5O2/c2*1-27-22-14-4-5-32(23(14)30-11-29-22)18-9-24(20(34)19(18)33)8-17(28-10-24)13-3-2-12-6-15(25)21(26)31-16(12)7-13;25-16-8-14-3-4-15(9-17(14)29-22(16)26)18-10-24(12-28-18)11-19(20(31)21(24)32)30-7-5-13-2-1-6-27-23(13)30/h2*2-7,11,17-20,28,33-34H,8-10H2,1H3,(H2,26,31)(H,27,29,30);1-9,18-21,28,31-32H,10-12H2,(H2,26,29)/t17-,18+,19-,20-,24-;17-,18-,19+,20+,24+;18-,19+,20-,21-,24-/m010/s1. The summed E-state index contributed by atoms with van der Waals surface area (Å²) in [7, 11) is 3.64. The van der Waals surface area contributed by atoms with Gasteiger partial charge in [0.05, 0.1) is 77.2 Å². The number of halogens is 3. The first kappa shape index (κ1) is 66.4. The molecule has 12 heterocycles. The fourth-order valence-electron chi connectivity index (χ4n) is 17.3. The quantitative estimate of drug-likeness (QED) is 0.0675. The number of fused-ring (bicyclic) bond motifs is 6. The Balaban J connectivity index is 0.000000117. The van der Waals surface area contributed by atoms with Crippen LogP contribution in [0.4, 0.5) is 29.1 Å². The monoisotopic (exact) mass is 1540 g/mol. The van der Waals surface area contributed by atoms with Crippen molar-refractivity contribution in [3.05, 3.63) is 171 Å². The Labute approximate surface area is 598 Å². The van der Waals surface area contributed by atoms with Gasteiger partial charge >= 0.3 is 0 Å². The summed E-state index contributed by atoms with van der Waals surface area (Å²) in [6.07, 6.45) is 9.66. The minimum Gasteiger partial charge on any atom is -0.390 e. The first-order chi connectivity index (χ1) is 48.2. The van der Waals surface area contributed by atoms with Gasteiger partial charge in [-0.3, -0.25) is 0 Å². The van der Waals surface area contributed by atoms with Crippen molar-refractivity contribution < 1.29 is 30.6 Å². The Bertz CT molecular complexity index is 4950. The first-order valence-electron chi connectivity index (χ1n) is 33.5. The topological polar surface area (TPSA) is 377 Å². The summed E-state index contributed by atoms with van der Waals surface area (Å²) in [5, 5.41) is 89.6. The minimum atomic E-state index is -0.889. The third-order valence-corrected chi connectivity index (χ3v) is 24.4. The molecule has 17 N–H and O–H groups in total. The number of nitrogens with one attached hydrogen (secondary N) is 5. The van der Waals surface area contributed by atoms with Crippen LogP contribution in [-0.2, 0) is 0 Å². The van der Waals surface area contributed by atoms with E-state index in [0.29, 0.717) is 56.4 Å². The summed E-state index contributed by atoms with van der Waals surface area (Å²) in [4.78, 5) is 35.5. The lowest BCUT2D eigenvalue weighted by molar-refractivity contribution is -0.0218. The summed E-state index contributed by atoms with van der Waals surface area (Å²) in [5.74, 6) is 2.87. The van der Waals surface area contributed by atoms with Crippen LogP contribution in [0.5, 0.6) is 0 Å². The van der Waals surface area contributed by atoms with Crippen molar-refractivity contribution in [2.24, 2.45) is 16.2 Å². The van der Waals surface area contributed by atoms with E-state index in [1.807, 2.05) is 107 Å². The fraction of sp³-hybridized carbons (Fsp3) is 0.361. The van der Waals surface area contributed by atoms with Gasteiger partial charge in [-0.1, -0.05) is 36.4 Å². The smallest absolute Gasteiger partial charge is 0.145 e. The van der Waals surface area contributed by atoms with Crippen LogP contribution in [0, 0.1) is 16.2 Å². The Hall–Kier alpha value is -8.10. The van der Waals surface area contributed by atoms with Gasteiger partial charge in [0.25, 0.3) is 0 Å². The second kappa shape index (κ2) is 25.8. The van der Waals surface area contributed by atoms with E-state index in [1.54, 1.807) is 6.20 Å². The second-order valence-electron chi connectivity index (χ2n) is 28.0. The molecule has 6 fully saturated rings. The van der Waals surface area contributed by atoms with Crippen molar-refractivity contribution in [3.8, 4) is 0 Å².